The highest BCUT2D eigenvalue weighted by atomic mass is 79.9. The van der Waals surface area contributed by atoms with Crippen LogP contribution in [-0.2, 0) is 28.3 Å². The second kappa shape index (κ2) is 14.1. The lowest BCUT2D eigenvalue weighted by Gasteiger charge is -2.32. The van der Waals surface area contributed by atoms with Gasteiger partial charge in [-0.2, -0.15) is 0 Å². The summed E-state index contributed by atoms with van der Waals surface area (Å²) in [7, 11) is 0. The van der Waals surface area contributed by atoms with Crippen LogP contribution in [0.15, 0.2) is 77.3 Å². The minimum atomic E-state index is -0.720. The van der Waals surface area contributed by atoms with Crippen LogP contribution >= 0.6 is 50.9 Å². The monoisotopic (exact) mass is 606 g/mol. The normalized spacial score (nSPS) is 11.8. The Bertz CT molecular complexity index is 1140. The molecule has 0 radical (unpaired) electrons. The lowest BCUT2D eigenvalue weighted by Crippen LogP contribution is -2.52. The molecule has 0 bridgehead atoms. The number of carbonyl (C=O) groups excluding carboxylic acids is 2. The summed E-state index contributed by atoms with van der Waals surface area (Å²) in [6.45, 7) is 3.95. The first kappa shape index (κ1) is 28.6. The molecule has 0 unspecified atom stereocenters. The van der Waals surface area contributed by atoms with Gasteiger partial charge in [-0.3, -0.25) is 9.59 Å². The Kier molecular flexibility index (Phi) is 11.2. The number of halogens is 3. The molecule has 3 rings (SSSR count). The Morgan fingerprint density at radius 3 is 2.17 bits per heavy atom. The summed E-state index contributed by atoms with van der Waals surface area (Å²) in [5.41, 5.74) is 2.71. The van der Waals surface area contributed by atoms with Crippen molar-refractivity contribution in [3.8, 4) is 0 Å². The smallest absolute Gasteiger partial charge is 0.243 e. The molecule has 1 atom stereocenters. The molecule has 0 aliphatic carbocycles. The minimum Gasteiger partial charge on any atom is -0.352 e. The van der Waals surface area contributed by atoms with Crippen molar-refractivity contribution in [1.29, 1.82) is 0 Å². The molecule has 0 aromatic heterocycles. The number of nitrogens with zero attached hydrogens (tertiary/aromatic N) is 1. The van der Waals surface area contributed by atoms with Crippen LogP contribution in [0, 0.1) is 0 Å². The van der Waals surface area contributed by atoms with Crippen LogP contribution in [-0.4, -0.2) is 34.6 Å². The van der Waals surface area contributed by atoms with Gasteiger partial charge in [0.15, 0.2) is 0 Å². The quantitative estimate of drug-likeness (QED) is 0.252. The highest BCUT2D eigenvalue weighted by Crippen LogP contribution is 2.28. The maximum absolute atomic E-state index is 13.7. The van der Waals surface area contributed by atoms with E-state index in [1.807, 2.05) is 68.4 Å². The van der Waals surface area contributed by atoms with Gasteiger partial charge >= 0.3 is 0 Å². The molecule has 0 aliphatic heterocycles. The predicted molar refractivity (Wildman–Crippen MR) is 155 cm³/mol. The summed E-state index contributed by atoms with van der Waals surface area (Å²) in [5.74, 6) is 0.552. The number of benzene rings is 3. The topological polar surface area (TPSA) is 49.4 Å². The largest absolute Gasteiger partial charge is 0.352 e. The third kappa shape index (κ3) is 8.55. The zero-order valence-corrected chi connectivity index (χ0v) is 24.1. The first-order valence-corrected chi connectivity index (χ1v) is 14.3. The number of thioether (sulfide) groups is 1. The zero-order valence-electron chi connectivity index (χ0n) is 20.2. The molecule has 0 saturated carbocycles. The van der Waals surface area contributed by atoms with Gasteiger partial charge in [0.2, 0.25) is 11.8 Å². The zero-order chi connectivity index (χ0) is 26.1. The van der Waals surface area contributed by atoms with Gasteiger partial charge in [-0.15, -0.1) is 11.8 Å². The highest BCUT2D eigenvalue weighted by molar-refractivity contribution is 9.10. The molecule has 1 N–H and O–H groups in total. The highest BCUT2D eigenvalue weighted by Gasteiger charge is 2.31. The SMILES string of the molecule is CC(C)NC(=O)[C@H](Cc1ccccc1)N(Cc1c(Cl)cccc1Cl)C(=O)CSCc1ccc(Br)cc1. The summed E-state index contributed by atoms with van der Waals surface area (Å²) < 4.78 is 1.01. The molecule has 0 fully saturated rings. The van der Waals surface area contributed by atoms with E-state index in [4.69, 9.17) is 23.2 Å². The summed E-state index contributed by atoms with van der Waals surface area (Å²) >= 11 is 17.9. The average Bonchev–Trinajstić information content (AvgIpc) is 2.84. The van der Waals surface area contributed by atoms with E-state index in [-0.39, 0.29) is 30.2 Å². The van der Waals surface area contributed by atoms with Crippen LogP contribution in [0.1, 0.15) is 30.5 Å². The second-order valence-electron chi connectivity index (χ2n) is 8.71. The molecule has 190 valence electrons. The fraction of sp³-hybridized carbons (Fsp3) is 0.286. The molecule has 8 heteroatoms. The standard InChI is InChI=1S/C28H29BrCl2N2O2S/c1-19(2)32-28(35)26(15-20-7-4-3-5-8-20)33(16-23-24(30)9-6-10-25(23)31)27(34)18-36-17-21-11-13-22(29)14-12-21/h3-14,19,26H,15-18H2,1-2H3,(H,32,35)/t26-/m0/s1. The van der Waals surface area contributed by atoms with Crippen LogP contribution in [0.3, 0.4) is 0 Å². The van der Waals surface area contributed by atoms with E-state index in [0.717, 1.165) is 15.6 Å². The van der Waals surface area contributed by atoms with E-state index in [1.54, 1.807) is 23.1 Å². The van der Waals surface area contributed by atoms with Gasteiger partial charge in [0.25, 0.3) is 0 Å². The Labute approximate surface area is 235 Å². The fourth-order valence-corrected chi connectivity index (χ4v) is 5.36. The van der Waals surface area contributed by atoms with Crippen molar-refractivity contribution in [2.24, 2.45) is 0 Å². The van der Waals surface area contributed by atoms with E-state index >= 15 is 0 Å². The second-order valence-corrected chi connectivity index (χ2v) is 11.4. The molecule has 36 heavy (non-hydrogen) atoms. The Balaban J connectivity index is 1.89. The number of amides is 2. The van der Waals surface area contributed by atoms with E-state index in [9.17, 15) is 9.59 Å². The lowest BCUT2D eigenvalue weighted by molar-refractivity contribution is -0.139. The van der Waals surface area contributed by atoms with Crippen LogP contribution in [0.5, 0.6) is 0 Å². The van der Waals surface area contributed by atoms with Crippen molar-refractivity contribution in [2.75, 3.05) is 5.75 Å². The van der Waals surface area contributed by atoms with Crippen LogP contribution in [0.2, 0.25) is 10.0 Å². The molecule has 3 aromatic carbocycles. The molecule has 3 aromatic rings. The molecule has 0 heterocycles. The van der Waals surface area contributed by atoms with Gasteiger partial charge in [0.05, 0.1) is 5.75 Å². The molecular weight excluding hydrogens is 579 g/mol. The first-order chi connectivity index (χ1) is 17.2. The van der Waals surface area contributed by atoms with E-state index in [2.05, 4.69) is 21.2 Å². The van der Waals surface area contributed by atoms with E-state index in [1.165, 1.54) is 11.8 Å². The molecular formula is C28H29BrCl2N2O2S. The molecule has 0 spiro atoms. The third-order valence-corrected chi connectivity index (χ3v) is 7.73. The van der Waals surface area contributed by atoms with Gasteiger partial charge in [0, 0.05) is 44.8 Å². The summed E-state index contributed by atoms with van der Waals surface area (Å²) in [6.07, 6.45) is 0.380. The third-order valence-electron chi connectivity index (χ3n) is 5.50. The van der Waals surface area contributed by atoms with Crippen molar-refractivity contribution in [2.45, 2.75) is 44.6 Å². The van der Waals surface area contributed by atoms with Crippen molar-refractivity contribution in [1.82, 2.24) is 10.2 Å². The Morgan fingerprint density at radius 1 is 0.917 bits per heavy atom. The van der Waals surface area contributed by atoms with Gasteiger partial charge in [0.1, 0.15) is 6.04 Å². The average molecular weight is 608 g/mol. The van der Waals surface area contributed by atoms with Crippen LogP contribution in [0.4, 0.5) is 0 Å². The van der Waals surface area contributed by atoms with Gasteiger partial charge in [-0.1, -0.05) is 87.7 Å². The van der Waals surface area contributed by atoms with Gasteiger partial charge < -0.3 is 10.2 Å². The summed E-state index contributed by atoms with van der Waals surface area (Å²) in [6, 6.07) is 22.2. The van der Waals surface area contributed by atoms with Crippen molar-refractivity contribution in [3.05, 3.63) is 104 Å². The predicted octanol–water partition coefficient (Wildman–Crippen LogP) is 7.15. The Hall–Kier alpha value is -1.99. The van der Waals surface area contributed by atoms with Gasteiger partial charge in [-0.25, -0.2) is 0 Å². The molecule has 0 saturated heterocycles. The number of nitrogens with one attached hydrogen (secondary N) is 1. The Morgan fingerprint density at radius 2 is 1.56 bits per heavy atom. The minimum absolute atomic E-state index is 0.0663. The molecule has 2 amide bonds. The fourth-order valence-electron chi connectivity index (χ4n) is 3.71. The first-order valence-electron chi connectivity index (χ1n) is 11.6. The van der Waals surface area contributed by atoms with E-state index in [0.29, 0.717) is 27.8 Å². The lowest BCUT2D eigenvalue weighted by atomic mass is 10.0. The van der Waals surface area contributed by atoms with Crippen molar-refractivity contribution in [3.63, 3.8) is 0 Å². The number of hydrogen-bond acceptors (Lipinski definition) is 3. The van der Waals surface area contributed by atoms with Crippen LogP contribution < -0.4 is 5.32 Å². The molecule has 4 nitrogen and oxygen atoms in total. The van der Waals surface area contributed by atoms with Gasteiger partial charge in [-0.05, 0) is 49.2 Å². The van der Waals surface area contributed by atoms with E-state index < -0.39 is 6.04 Å². The van der Waals surface area contributed by atoms with Crippen molar-refractivity contribution < 1.29 is 9.59 Å². The molecule has 0 aliphatic rings. The summed E-state index contributed by atoms with van der Waals surface area (Å²) in [5, 5.41) is 3.92. The maximum atomic E-state index is 13.7. The van der Waals surface area contributed by atoms with Crippen molar-refractivity contribution >= 4 is 62.7 Å². The summed E-state index contributed by atoms with van der Waals surface area (Å²) in [4.78, 5) is 28.7. The maximum Gasteiger partial charge on any atom is 0.243 e. The van der Waals surface area contributed by atoms with Crippen LogP contribution in [0.25, 0.3) is 0 Å². The number of carbonyl (C=O) groups is 2. The number of hydrogen-bond donors (Lipinski definition) is 1. The number of rotatable bonds is 11.